The van der Waals surface area contributed by atoms with E-state index in [9.17, 15) is 0 Å². The zero-order valence-electron chi connectivity index (χ0n) is 9.70. The summed E-state index contributed by atoms with van der Waals surface area (Å²) >= 11 is 0. The van der Waals surface area contributed by atoms with E-state index in [1.54, 1.807) is 6.07 Å². The van der Waals surface area contributed by atoms with E-state index in [1.807, 2.05) is 18.2 Å². The first-order valence-electron chi connectivity index (χ1n) is 5.06. The average molecular weight is 205 g/mol. The van der Waals surface area contributed by atoms with Gasteiger partial charge in [-0.2, -0.15) is 0 Å². The normalized spacial score (nSPS) is 11.1. The quantitative estimate of drug-likeness (QED) is 0.771. The van der Waals surface area contributed by atoms with Gasteiger partial charge in [0.1, 0.15) is 11.6 Å². The number of hydrogen-bond donors (Lipinski definition) is 1. The van der Waals surface area contributed by atoms with Crippen molar-refractivity contribution in [3.63, 3.8) is 0 Å². The molecule has 0 saturated heterocycles. The van der Waals surface area contributed by atoms with Crippen LogP contribution in [-0.4, -0.2) is 17.1 Å². The van der Waals surface area contributed by atoms with Crippen LogP contribution in [0, 0.1) is 0 Å². The number of nitrogens with two attached hydrogens (primary N) is 1. The van der Waals surface area contributed by atoms with Gasteiger partial charge in [-0.05, 0) is 32.9 Å². The Morgan fingerprint density at radius 2 is 2.13 bits per heavy atom. The third kappa shape index (κ3) is 2.98. The second-order valence-electron chi connectivity index (χ2n) is 4.49. The Hall–Kier alpha value is -1.51. The van der Waals surface area contributed by atoms with Gasteiger partial charge in [0.2, 0.25) is 0 Å². The minimum absolute atomic E-state index is 0.00891. The molecule has 0 aliphatic rings. The van der Waals surface area contributed by atoms with Crippen LogP contribution >= 0.6 is 0 Å². The highest BCUT2D eigenvalue weighted by atomic mass is 15.2. The lowest BCUT2D eigenvalue weighted by Gasteiger charge is -2.36. The molecule has 0 radical (unpaired) electrons. The summed E-state index contributed by atoms with van der Waals surface area (Å²) in [5.74, 6) is 1.44. The maximum absolute atomic E-state index is 5.67. The number of pyridine rings is 1. The van der Waals surface area contributed by atoms with Crippen LogP contribution < -0.4 is 10.6 Å². The van der Waals surface area contributed by atoms with Crippen molar-refractivity contribution < 1.29 is 0 Å². The van der Waals surface area contributed by atoms with Crippen molar-refractivity contribution >= 4 is 11.6 Å². The van der Waals surface area contributed by atoms with E-state index in [1.165, 1.54) is 0 Å². The van der Waals surface area contributed by atoms with Gasteiger partial charge in [-0.3, -0.25) is 0 Å². The van der Waals surface area contributed by atoms with E-state index in [0.717, 1.165) is 12.4 Å². The van der Waals surface area contributed by atoms with E-state index in [0.29, 0.717) is 5.82 Å². The number of hydrogen-bond acceptors (Lipinski definition) is 3. The van der Waals surface area contributed by atoms with Crippen LogP contribution in [0.2, 0.25) is 0 Å². The molecule has 1 rings (SSSR count). The lowest BCUT2D eigenvalue weighted by Crippen LogP contribution is -2.42. The van der Waals surface area contributed by atoms with E-state index < -0.39 is 0 Å². The van der Waals surface area contributed by atoms with Crippen molar-refractivity contribution in [2.24, 2.45) is 0 Å². The SMILES string of the molecule is C=CCN(c1cccc(N)n1)C(C)(C)C. The fourth-order valence-electron chi connectivity index (χ4n) is 1.43. The molecule has 1 aromatic rings. The van der Waals surface area contributed by atoms with Crippen LogP contribution in [0.15, 0.2) is 30.9 Å². The number of nitrogens with zero attached hydrogens (tertiary/aromatic N) is 2. The van der Waals surface area contributed by atoms with Gasteiger partial charge in [0, 0.05) is 12.1 Å². The molecule has 0 fully saturated rings. The minimum atomic E-state index is 0.00891. The Morgan fingerprint density at radius 3 is 2.60 bits per heavy atom. The first-order chi connectivity index (χ1) is 6.95. The van der Waals surface area contributed by atoms with Crippen molar-refractivity contribution in [1.29, 1.82) is 0 Å². The summed E-state index contributed by atoms with van der Waals surface area (Å²) in [4.78, 5) is 6.48. The van der Waals surface area contributed by atoms with Crippen molar-refractivity contribution in [3.05, 3.63) is 30.9 Å². The molecule has 0 aromatic carbocycles. The summed E-state index contributed by atoms with van der Waals surface area (Å²) in [6.45, 7) is 10.9. The lowest BCUT2D eigenvalue weighted by molar-refractivity contribution is 0.518. The highest BCUT2D eigenvalue weighted by Crippen LogP contribution is 2.22. The molecule has 15 heavy (non-hydrogen) atoms. The number of aromatic nitrogens is 1. The van der Waals surface area contributed by atoms with Crippen molar-refractivity contribution in [2.75, 3.05) is 17.2 Å². The highest BCUT2D eigenvalue weighted by molar-refractivity contribution is 5.47. The molecule has 3 heteroatoms. The molecule has 0 aliphatic heterocycles. The third-order valence-electron chi connectivity index (χ3n) is 2.15. The largest absolute Gasteiger partial charge is 0.384 e. The van der Waals surface area contributed by atoms with E-state index in [4.69, 9.17) is 5.73 Å². The standard InChI is InChI=1S/C12H19N3/c1-5-9-15(12(2,3)4)11-8-6-7-10(13)14-11/h5-8H,1,9H2,2-4H3,(H2,13,14). The predicted octanol–water partition coefficient (Wildman–Crippen LogP) is 2.45. The van der Waals surface area contributed by atoms with E-state index in [-0.39, 0.29) is 5.54 Å². The van der Waals surface area contributed by atoms with Crippen molar-refractivity contribution in [2.45, 2.75) is 26.3 Å². The second-order valence-corrected chi connectivity index (χ2v) is 4.49. The van der Waals surface area contributed by atoms with Crippen LogP contribution in [-0.2, 0) is 0 Å². The molecule has 0 unspecified atom stereocenters. The molecule has 0 saturated carbocycles. The molecular weight excluding hydrogens is 186 g/mol. The Bertz CT molecular complexity index is 339. The Morgan fingerprint density at radius 1 is 1.47 bits per heavy atom. The van der Waals surface area contributed by atoms with Crippen LogP contribution in [0.5, 0.6) is 0 Å². The summed E-state index contributed by atoms with van der Waals surface area (Å²) < 4.78 is 0. The van der Waals surface area contributed by atoms with Gasteiger partial charge < -0.3 is 10.6 Å². The minimum Gasteiger partial charge on any atom is -0.384 e. The van der Waals surface area contributed by atoms with Gasteiger partial charge in [0.05, 0.1) is 0 Å². The van der Waals surface area contributed by atoms with Crippen LogP contribution in [0.3, 0.4) is 0 Å². The van der Waals surface area contributed by atoms with Gasteiger partial charge in [-0.1, -0.05) is 12.1 Å². The zero-order chi connectivity index (χ0) is 11.5. The maximum atomic E-state index is 5.67. The summed E-state index contributed by atoms with van der Waals surface area (Å²) in [6.07, 6.45) is 1.87. The van der Waals surface area contributed by atoms with Gasteiger partial charge in [-0.25, -0.2) is 4.98 Å². The molecule has 1 heterocycles. The van der Waals surface area contributed by atoms with Crippen LogP contribution in [0.1, 0.15) is 20.8 Å². The summed E-state index contributed by atoms with van der Waals surface area (Å²) in [5, 5.41) is 0. The Labute approximate surface area is 91.6 Å². The monoisotopic (exact) mass is 205 g/mol. The lowest BCUT2D eigenvalue weighted by atomic mass is 10.1. The topological polar surface area (TPSA) is 42.1 Å². The summed E-state index contributed by atoms with van der Waals surface area (Å²) in [5.41, 5.74) is 5.68. The molecule has 2 N–H and O–H groups in total. The highest BCUT2D eigenvalue weighted by Gasteiger charge is 2.21. The number of anilines is 2. The van der Waals surface area contributed by atoms with Gasteiger partial charge >= 0.3 is 0 Å². The molecule has 0 spiro atoms. The van der Waals surface area contributed by atoms with E-state index in [2.05, 4.69) is 37.2 Å². The molecule has 0 amide bonds. The molecule has 0 atom stereocenters. The Kier molecular flexibility index (Phi) is 3.35. The molecular formula is C12H19N3. The zero-order valence-corrected chi connectivity index (χ0v) is 9.70. The molecule has 82 valence electrons. The summed E-state index contributed by atoms with van der Waals surface area (Å²) in [6, 6.07) is 5.67. The Balaban J connectivity index is 3.04. The molecule has 0 aliphatic carbocycles. The van der Waals surface area contributed by atoms with Crippen molar-refractivity contribution in [1.82, 2.24) is 4.98 Å². The van der Waals surface area contributed by atoms with Gasteiger partial charge in [0.15, 0.2) is 0 Å². The van der Waals surface area contributed by atoms with Crippen molar-refractivity contribution in [3.8, 4) is 0 Å². The fraction of sp³-hybridized carbons (Fsp3) is 0.417. The molecule has 1 aromatic heterocycles. The summed E-state index contributed by atoms with van der Waals surface area (Å²) in [7, 11) is 0. The maximum Gasteiger partial charge on any atom is 0.131 e. The molecule has 0 bridgehead atoms. The predicted molar refractivity (Wildman–Crippen MR) is 65.9 cm³/mol. The fourth-order valence-corrected chi connectivity index (χ4v) is 1.43. The third-order valence-corrected chi connectivity index (χ3v) is 2.15. The van der Waals surface area contributed by atoms with Gasteiger partial charge in [0.25, 0.3) is 0 Å². The molecule has 3 nitrogen and oxygen atoms in total. The first kappa shape index (κ1) is 11.6. The first-order valence-corrected chi connectivity index (χ1v) is 5.06. The average Bonchev–Trinajstić information content (AvgIpc) is 2.12. The number of nitrogen functional groups attached to an aromatic ring is 1. The smallest absolute Gasteiger partial charge is 0.131 e. The van der Waals surface area contributed by atoms with Crippen LogP contribution in [0.25, 0.3) is 0 Å². The number of rotatable bonds is 3. The van der Waals surface area contributed by atoms with Crippen LogP contribution in [0.4, 0.5) is 11.6 Å². The van der Waals surface area contributed by atoms with E-state index >= 15 is 0 Å². The second kappa shape index (κ2) is 4.34. The van der Waals surface area contributed by atoms with Gasteiger partial charge in [-0.15, -0.1) is 6.58 Å².